The van der Waals surface area contributed by atoms with Crippen molar-refractivity contribution >= 4 is 87.8 Å². The van der Waals surface area contributed by atoms with Crippen molar-refractivity contribution in [1.82, 2.24) is 55.7 Å². The quantitative estimate of drug-likeness (QED) is 0.118. The molecule has 0 bridgehead atoms. The number of likely N-dealkylation sites (N-methyl/N-ethyl adjacent to an activating group) is 4. The zero-order valence-corrected chi connectivity index (χ0v) is 54.1. The number of carbonyl (C=O) groups excluding carboxylic acids is 12. The van der Waals surface area contributed by atoms with Crippen molar-refractivity contribution in [3.63, 3.8) is 0 Å². The van der Waals surface area contributed by atoms with Crippen molar-refractivity contribution in [2.75, 3.05) is 60.1 Å². The molecule has 0 saturated carbocycles. The highest BCUT2D eigenvalue weighted by Crippen LogP contribution is 2.35. The van der Waals surface area contributed by atoms with Crippen LogP contribution >= 0.6 is 0 Å². The molecule has 5 aliphatic heterocycles. The Bertz CT molecular complexity index is 3420. The minimum atomic E-state index is -1.88. The van der Waals surface area contributed by atoms with Crippen molar-refractivity contribution in [3.05, 3.63) is 44.6 Å². The molecule has 7 rings (SSSR count). The molecule has 6 aliphatic rings. The van der Waals surface area contributed by atoms with Crippen LogP contribution in [0.1, 0.15) is 127 Å². The maximum absolute atomic E-state index is 15.2. The minimum Gasteiger partial charge on any atom is -0.458 e. The molecule has 28 heteroatoms. The molecule has 0 unspecified atom stereocenters. The zero-order valence-electron chi connectivity index (χ0n) is 54.1. The number of esters is 2. The summed E-state index contributed by atoms with van der Waals surface area (Å²) in [7, 11) is 5.59. The van der Waals surface area contributed by atoms with E-state index >= 15 is 9.59 Å². The highest BCUT2D eigenvalue weighted by atomic mass is 16.6. The van der Waals surface area contributed by atoms with Gasteiger partial charge in [-0.2, -0.15) is 0 Å². The number of benzene rings is 2. The van der Waals surface area contributed by atoms with Gasteiger partial charge in [0.25, 0.3) is 11.8 Å². The molecule has 0 spiro atoms. The van der Waals surface area contributed by atoms with Gasteiger partial charge in [-0.3, -0.25) is 52.7 Å². The Morgan fingerprint density at radius 1 is 0.611 bits per heavy atom. The van der Waals surface area contributed by atoms with E-state index in [2.05, 4.69) is 21.3 Å². The number of aryl methyl sites for hydroxylation is 1. The van der Waals surface area contributed by atoms with Crippen LogP contribution in [-0.2, 0) is 57.4 Å². The second kappa shape index (κ2) is 27.6. The summed E-state index contributed by atoms with van der Waals surface area (Å²) in [6.45, 7) is 18.4. The van der Waals surface area contributed by atoms with Crippen LogP contribution in [0.3, 0.4) is 0 Å². The summed E-state index contributed by atoms with van der Waals surface area (Å²) in [4.78, 5) is 199. The maximum Gasteiger partial charge on any atom is 0.329 e. The molecule has 4 fully saturated rings. The lowest BCUT2D eigenvalue weighted by Gasteiger charge is -2.36. The van der Waals surface area contributed by atoms with Gasteiger partial charge in [-0.15, -0.1) is 0 Å². The average molecular weight is 1260 g/mol. The number of fused-ring (bicyclic) bond motifs is 4. The third-order valence-corrected chi connectivity index (χ3v) is 17.5. The Balaban J connectivity index is 1.32. The molecule has 1 aromatic rings. The Kier molecular flexibility index (Phi) is 21.1. The minimum absolute atomic E-state index is 0.0763. The Morgan fingerprint density at radius 2 is 1.03 bits per heavy atom. The van der Waals surface area contributed by atoms with Gasteiger partial charge in [0.15, 0.2) is 11.3 Å². The van der Waals surface area contributed by atoms with Crippen LogP contribution in [0, 0.1) is 37.5 Å². The molecule has 5 heterocycles. The monoisotopic (exact) mass is 1250 g/mol. The molecule has 10 amide bonds. The second-order valence-corrected chi connectivity index (χ2v) is 25.5. The standard InChI is InChI=1S/C62H86N12O16/c1-27(2)42-59(84)73-23-17-19-36(73)57(82)69(13)25-38(75)71(15)48(29(5)6)61(86)88-33(11)44(55(80)65-42)67-53(78)35-22-21-31(9)51-46(35)64-47-40(41(63)50(77)32(10)52(47)90-51)54(79)68-45-34(12)89-62(87)49(30(7)8)72(16)39(76)26-70(14)58(83)37-20-18-24-74(37)60(85)43(28(3)4)66-56(45)81/h21-22,27-30,33-34,36-37,42-45,48-49H,17-20,23-26,63H2,1-16H3,(H,65,80)(H,66,81)(H,67,78)(H,68,79)/t33-,34-,36+,37+,42-,43-,44-,45-,48-,49-/m0/s1. The predicted molar refractivity (Wildman–Crippen MR) is 325 cm³/mol. The summed E-state index contributed by atoms with van der Waals surface area (Å²) in [5.41, 5.74) is 3.57. The molecule has 1 aromatic carbocycles. The fourth-order valence-electron chi connectivity index (χ4n) is 12.3. The van der Waals surface area contributed by atoms with Crippen LogP contribution in [0.5, 0.6) is 0 Å². The van der Waals surface area contributed by atoms with Gasteiger partial charge < -0.3 is 70.3 Å². The largest absolute Gasteiger partial charge is 0.458 e. The lowest BCUT2D eigenvalue weighted by atomic mass is 9.98. The van der Waals surface area contributed by atoms with E-state index in [-0.39, 0.29) is 53.9 Å². The molecule has 0 radical (unpaired) electrons. The van der Waals surface area contributed by atoms with Crippen molar-refractivity contribution in [1.29, 1.82) is 0 Å². The van der Waals surface area contributed by atoms with Crippen molar-refractivity contribution in [2.45, 2.75) is 169 Å². The number of hydrogen-bond donors (Lipinski definition) is 5. The first-order valence-corrected chi connectivity index (χ1v) is 30.5. The number of carbonyl (C=O) groups is 12. The fourth-order valence-corrected chi connectivity index (χ4v) is 12.3. The molecular weight excluding hydrogens is 1170 g/mol. The van der Waals surface area contributed by atoms with Gasteiger partial charge >= 0.3 is 11.9 Å². The van der Waals surface area contributed by atoms with E-state index < -0.39 is 191 Å². The first-order valence-electron chi connectivity index (χ1n) is 30.5. The molecular formula is C62H86N12O16. The number of hydrogen-bond acceptors (Lipinski definition) is 18. The second-order valence-electron chi connectivity index (χ2n) is 25.5. The summed E-state index contributed by atoms with van der Waals surface area (Å²) in [5, 5.41) is 10.7. The number of nitrogens with zero attached hydrogens (tertiary/aromatic N) is 7. The Labute approximate surface area is 522 Å². The molecule has 490 valence electrons. The summed E-state index contributed by atoms with van der Waals surface area (Å²) in [5.74, 6) is -12.4. The van der Waals surface area contributed by atoms with Crippen LogP contribution in [-0.4, -0.2) is 220 Å². The number of nitrogens with one attached hydrogen (secondary N) is 4. The van der Waals surface area contributed by atoms with Crippen LogP contribution in [0.2, 0.25) is 0 Å². The third-order valence-electron chi connectivity index (χ3n) is 17.5. The molecule has 0 aromatic heterocycles. The predicted octanol–water partition coefficient (Wildman–Crippen LogP) is 0.726. The van der Waals surface area contributed by atoms with E-state index in [9.17, 15) is 52.7 Å². The van der Waals surface area contributed by atoms with E-state index in [1.807, 2.05) is 0 Å². The van der Waals surface area contributed by atoms with E-state index in [0.717, 1.165) is 9.80 Å². The van der Waals surface area contributed by atoms with Crippen molar-refractivity contribution < 1.29 is 71.4 Å². The van der Waals surface area contributed by atoms with E-state index in [1.54, 1.807) is 62.3 Å². The number of aromatic nitrogens is 1. The molecule has 6 N–H and O–H groups in total. The fraction of sp³-hybridized carbons (Fsp3) is 0.613. The molecule has 1 aliphatic carbocycles. The normalized spacial score (nSPS) is 26.2. The lowest BCUT2D eigenvalue weighted by Crippen LogP contribution is -2.61. The van der Waals surface area contributed by atoms with E-state index in [1.165, 1.54) is 80.7 Å². The highest BCUT2D eigenvalue weighted by molar-refractivity contribution is 6.10. The highest BCUT2D eigenvalue weighted by Gasteiger charge is 2.46. The topological polar surface area (TPSA) is 360 Å². The van der Waals surface area contributed by atoms with Gasteiger partial charge in [0.05, 0.1) is 29.9 Å². The summed E-state index contributed by atoms with van der Waals surface area (Å²) in [6, 6.07) is -7.90. The molecule has 4 saturated heterocycles. The first-order chi connectivity index (χ1) is 42.1. The SMILES string of the molecule is Cc1c2oc3c(C)ccc(C(=O)N[C@@H]4C(=O)N[C@@H](C(C)C)C(=O)N5CCC[C@@H]5C(=O)N(C)CC(=O)N(C)[C@@H](C(C)C)C(=O)O[C@H]4C)c3nc-2c(C(=O)N[C@@H]2C(=O)N[C@@H](C(C)C)C(=O)N3CCC[C@@H]3C(=O)N(C)CC(=O)N(C)[C@@H](C(C)C)C(=O)O[C@H]2C)c(N)c1=O. The average Bonchev–Trinajstić information content (AvgIpc) is 0.893. The molecule has 28 nitrogen and oxygen atoms in total. The van der Waals surface area contributed by atoms with Gasteiger partial charge in [-0.05, 0) is 88.7 Å². The maximum atomic E-state index is 15.2. The van der Waals surface area contributed by atoms with Crippen molar-refractivity contribution in [2.24, 2.45) is 23.7 Å². The number of ether oxygens (including phenoxy) is 2. The van der Waals surface area contributed by atoms with Gasteiger partial charge in [-0.25, -0.2) is 14.6 Å². The smallest absolute Gasteiger partial charge is 0.329 e. The number of nitrogens with two attached hydrogens (primary N) is 1. The summed E-state index contributed by atoms with van der Waals surface area (Å²) in [6.07, 6.45) is -1.65. The Morgan fingerprint density at radius 3 is 1.44 bits per heavy atom. The molecule has 90 heavy (non-hydrogen) atoms. The summed E-state index contributed by atoms with van der Waals surface area (Å²) >= 11 is 0. The van der Waals surface area contributed by atoms with Gasteiger partial charge in [0.1, 0.15) is 71.8 Å². The van der Waals surface area contributed by atoms with Crippen LogP contribution in [0.15, 0.2) is 21.3 Å². The number of amides is 10. The Hall–Kier alpha value is -8.72. The zero-order chi connectivity index (χ0) is 67.0. The van der Waals surface area contributed by atoms with Gasteiger partial charge in [0, 0.05) is 46.8 Å². The van der Waals surface area contributed by atoms with Crippen molar-refractivity contribution in [3.8, 4) is 11.5 Å². The molecule has 10 atom stereocenters. The van der Waals surface area contributed by atoms with Crippen LogP contribution in [0.25, 0.3) is 22.6 Å². The summed E-state index contributed by atoms with van der Waals surface area (Å²) < 4.78 is 18.3. The van der Waals surface area contributed by atoms with Gasteiger partial charge in [0.2, 0.25) is 52.7 Å². The lowest BCUT2D eigenvalue weighted by molar-refractivity contribution is -0.163. The van der Waals surface area contributed by atoms with Crippen LogP contribution < -0.4 is 32.4 Å². The third kappa shape index (κ3) is 13.7. The number of rotatable bonds is 8. The van der Waals surface area contributed by atoms with Gasteiger partial charge in [-0.1, -0.05) is 61.5 Å². The van der Waals surface area contributed by atoms with E-state index in [4.69, 9.17) is 24.6 Å². The number of nitrogen functional groups attached to an aromatic ring is 1. The first kappa shape index (κ1) is 68.8. The van der Waals surface area contributed by atoms with Crippen LogP contribution in [0.4, 0.5) is 5.69 Å². The number of anilines is 1. The van der Waals surface area contributed by atoms with E-state index in [0.29, 0.717) is 18.4 Å². The number of cyclic esters (lactones) is 2.